The van der Waals surface area contributed by atoms with Gasteiger partial charge in [0.15, 0.2) is 6.29 Å². The van der Waals surface area contributed by atoms with Crippen LogP contribution in [0.2, 0.25) is 0 Å². The molecule has 2 amide bonds. The molecule has 5 atom stereocenters. The summed E-state index contributed by atoms with van der Waals surface area (Å²) in [6.07, 6.45) is 1.06. The average molecular weight is 380 g/mol. The molecule has 1 aromatic heterocycles. The van der Waals surface area contributed by atoms with Crippen LogP contribution in [0.15, 0.2) is 30.6 Å². The molecule has 144 valence electrons. The zero-order chi connectivity index (χ0) is 19.1. The number of imidazole rings is 1. The third kappa shape index (κ3) is 3.27. The first kappa shape index (κ1) is 17.8. The largest absolute Gasteiger partial charge is 0.388 e. The zero-order valence-electron chi connectivity index (χ0n) is 14.3. The Balaban J connectivity index is 1.50. The van der Waals surface area contributed by atoms with E-state index >= 15 is 0 Å². The van der Waals surface area contributed by atoms with Gasteiger partial charge >= 0.3 is 6.03 Å². The molecule has 10 heteroatoms. The van der Waals surface area contributed by atoms with Crippen LogP contribution in [0.4, 0.5) is 19.3 Å². The van der Waals surface area contributed by atoms with E-state index in [2.05, 4.69) is 15.6 Å². The Morgan fingerprint density at radius 2 is 2.22 bits per heavy atom. The van der Waals surface area contributed by atoms with Crippen molar-refractivity contribution in [2.45, 2.75) is 37.5 Å². The van der Waals surface area contributed by atoms with Gasteiger partial charge in [-0.15, -0.1) is 0 Å². The van der Waals surface area contributed by atoms with Gasteiger partial charge < -0.3 is 29.8 Å². The summed E-state index contributed by atoms with van der Waals surface area (Å²) in [5.41, 5.74) is -0.178. The molecular weight excluding hydrogens is 362 g/mol. The molecule has 0 saturated carbocycles. The smallest absolute Gasteiger partial charge is 0.319 e. The number of nitrogens with one attached hydrogen (secondary N) is 2. The number of fused-ring (bicyclic) bond motifs is 2. The maximum atomic E-state index is 13.7. The number of hydrogen-bond donors (Lipinski definition) is 3. The number of rotatable bonds is 3. The van der Waals surface area contributed by atoms with Crippen molar-refractivity contribution in [2.75, 3.05) is 11.9 Å². The fourth-order valence-corrected chi connectivity index (χ4v) is 3.48. The van der Waals surface area contributed by atoms with Crippen molar-refractivity contribution in [1.82, 2.24) is 14.9 Å². The van der Waals surface area contributed by atoms with Crippen LogP contribution < -0.4 is 10.6 Å². The number of benzene rings is 1. The number of aryl methyl sites for hydroxylation is 1. The third-order valence-electron chi connectivity index (χ3n) is 4.79. The maximum Gasteiger partial charge on any atom is 0.319 e. The first-order chi connectivity index (χ1) is 12.9. The van der Waals surface area contributed by atoms with Crippen molar-refractivity contribution in [3.05, 3.63) is 48.1 Å². The van der Waals surface area contributed by atoms with Crippen LogP contribution in [0.1, 0.15) is 11.9 Å². The molecule has 8 nitrogen and oxygen atoms in total. The van der Waals surface area contributed by atoms with Gasteiger partial charge in [-0.25, -0.2) is 18.6 Å². The van der Waals surface area contributed by atoms with Gasteiger partial charge in [-0.3, -0.25) is 0 Å². The molecule has 2 aliphatic rings. The molecule has 2 bridgehead atoms. The molecule has 0 spiro atoms. The number of nitrogens with zero attached hydrogens (tertiary/aromatic N) is 2. The van der Waals surface area contributed by atoms with Gasteiger partial charge in [0.05, 0.1) is 18.3 Å². The van der Waals surface area contributed by atoms with Crippen LogP contribution in [0, 0.1) is 18.6 Å². The summed E-state index contributed by atoms with van der Waals surface area (Å²) in [5.74, 6) is -0.989. The lowest BCUT2D eigenvalue weighted by molar-refractivity contribution is -0.163. The van der Waals surface area contributed by atoms with E-state index in [1.165, 1.54) is 0 Å². The number of ether oxygens (including phenoxy) is 2. The number of hydrogen-bond acceptors (Lipinski definition) is 5. The van der Waals surface area contributed by atoms with Crippen LogP contribution in [-0.4, -0.2) is 51.8 Å². The van der Waals surface area contributed by atoms with Gasteiger partial charge in [0.2, 0.25) is 0 Å². The number of aliphatic hydroxyl groups is 1. The Labute approximate surface area is 153 Å². The Morgan fingerprint density at radius 3 is 2.93 bits per heavy atom. The normalized spacial score (nSPS) is 29.6. The number of aliphatic hydroxyl groups excluding tert-OH is 1. The Kier molecular flexibility index (Phi) is 4.54. The van der Waals surface area contributed by atoms with Crippen molar-refractivity contribution in [1.29, 1.82) is 0 Å². The van der Waals surface area contributed by atoms with Crippen molar-refractivity contribution < 1.29 is 28.2 Å². The summed E-state index contributed by atoms with van der Waals surface area (Å²) >= 11 is 0. The van der Waals surface area contributed by atoms with Gasteiger partial charge in [-0.05, 0) is 19.1 Å². The topological polar surface area (TPSA) is 97.6 Å². The second kappa shape index (κ2) is 6.87. The maximum absolute atomic E-state index is 13.7. The molecule has 0 radical (unpaired) electrons. The van der Waals surface area contributed by atoms with E-state index < -0.39 is 48.2 Å². The second-order valence-electron chi connectivity index (χ2n) is 6.49. The first-order valence-corrected chi connectivity index (χ1v) is 8.41. The van der Waals surface area contributed by atoms with E-state index in [4.69, 9.17) is 9.47 Å². The van der Waals surface area contributed by atoms with E-state index in [-0.39, 0.29) is 12.3 Å². The highest BCUT2D eigenvalue weighted by atomic mass is 19.1. The molecule has 2 saturated heterocycles. The van der Waals surface area contributed by atoms with Crippen LogP contribution in [0.3, 0.4) is 0 Å². The van der Waals surface area contributed by atoms with E-state index in [1.54, 1.807) is 23.9 Å². The molecule has 3 heterocycles. The van der Waals surface area contributed by atoms with E-state index in [0.717, 1.165) is 12.1 Å². The summed E-state index contributed by atoms with van der Waals surface area (Å²) in [7, 11) is 0. The van der Waals surface area contributed by atoms with Crippen LogP contribution in [0.5, 0.6) is 0 Å². The average Bonchev–Trinajstić information content (AvgIpc) is 3.23. The number of halogens is 2. The molecule has 1 aromatic carbocycles. The number of anilines is 1. The van der Waals surface area contributed by atoms with Crippen molar-refractivity contribution in [3.63, 3.8) is 0 Å². The predicted molar refractivity (Wildman–Crippen MR) is 88.9 cm³/mol. The fourth-order valence-electron chi connectivity index (χ4n) is 3.48. The summed E-state index contributed by atoms with van der Waals surface area (Å²) in [4.78, 5) is 16.4. The van der Waals surface area contributed by atoms with Crippen molar-refractivity contribution in [3.8, 4) is 0 Å². The molecule has 2 fully saturated rings. The van der Waals surface area contributed by atoms with Gasteiger partial charge in [-0.1, -0.05) is 0 Å². The monoisotopic (exact) mass is 380 g/mol. The van der Waals surface area contributed by atoms with E-state index in [1.807, 2.05) is 0 Å². The molecule has 4 rings (SSSR count). The third-order valence-corrected chi connectivity index (χ3v) is 4.79. The molecule has 2 aliphatic heterocycles. The van der Waals surface area contributed by atoms with Crippen LogP contribution >= 0.6 is 0 Å². The lowest BCUT2D eigenvalue weighted by Gasteiger charge is -2.39. The van der Waals surface area contributed by atoms with Gasteiger partial charge in [-0.2, -0.15) is 0 Å². The number of urea groups is 1. The van der Waals surface area contributed by atoms with E-state index in [9.17, 15) is 18.7 Å². The fraction of sp³-hybridized carbons (Fsp3) is 0.412. The molecule has 2 aromatic rings. The Morgan fingerprint density at radius 1 is 1.41 bits per heavy atom. The number of carbonyl (C=O) groups excluding carboxylic acids is 1. The highest BCUT2D eigenvalue weighted by Gasteiger charge is 2.51. The van der Waals surface area contributed by atoms with Crippen molar-refractivity contribution >= 4 is 11.7 Å². The van der Waals surface area contributed by atoms with E-state index in [0.29, 0.717) is 11.9 Å². The lowest BCUT2D eigenvalue weighted by Crippen LogP contribution is -2.59. The molecule has 0 aliphatic carbocycles. The minimum Gasteiger partial charge on any atom is -0.388 e. The summed E-state index contributed by atoms with van der Waals surface area (Å²) in [6.45, 7) is 1.97. The van der Waals surface area contributed by atoms with Crippen LogP contribution in [-0.2, 0) is 9.47 Å². The predicted octanol–water partition coefficient (Wildman–Crippen LogP) is 1.32. The SMILES string of the molecule is Cc1nccn1C1C2OCC(O2)C(NC(=O)Nc2ccc(F)cc2F)C1O. The standard InChI is InChI=1S/C17H18F2N4O4/c1-8-20-4-5-23(8)14-15(24)13(12-7-26-16(14)27-12)22-17(25)21-11-3-2-9(18)6-10(11)19/h2-6,12-16,24H,7H2,1H3,(H2,21,22,25). The summed E-state index contributed by atoms with van der Waals surface area (Å²) < 4.78 is 39.8. The quantitative estimate of drug-likeness (QED) is 0.746. The minimum atomic E-state index is -1.02. The molecular formula is C17H18F2N4O4. The first-order valence-electron chi connectivity index (χ1n) is 8.41. The number of carbonyl (C=O) groups is 1. The Hall–Kier alpha value is -2.56. The summed E-state index contributed by atoms with van der Waals surface area (Å²) in [6, 6.07) is 0.675. The summed E-state index contributed by atoms with van der Waals surface area (Å²) in [5, 5.41) is 15.7. The molecule has 3 N–H and O–H groups in total. The highest BCUT2D eigenvalue weighted by molar-refractivity contribution is 5.89. The van der Waals surface area contributed by atoms with Gasteiger partial charge in [0, 0.05) is 18.5 Å². The van der Waals surface area contributed by atoms with Crippen molar-refractivity contribution in [2.24, 2.45) is 0 Å². The Bertz CT molecular complexity index is 861. The second-order valence-corrected chi connectivity index (χ2v) is 6.49. The number of aromatic nitrogens is 2. The lowest BCUT2D eigenvalue weighted by atomic mass is 9.96. The molecule has 27 heavy (non-hydrogen) atoms. The van der Waals surface area contributed by atoms with Gasteiger partial charge in [0.25, 0.3) is 0 Å². The van der Waals surface area contributed by atoms with Gasteiger partial charge in [0.1, 0.15) is 35.7 Å². The highest BCUT2D eigenvalue weighted by Crippen LogP contribution is 2.36. The van der Waals surface area contributed by atoms with Crippen LogP contribution in [0.25, 0.3) is 0 Å². The minimum absolute atomic E-state index is 0.178. The zero-order valence-corrected chi connectivity index (χ0v) is 14.3. The molecule has 5 unspecified atom stereocenters. The number of amides is 2.